The number of rotatable bonds is 7. The first-order valence-electron chi connectivity index (χ1n) is 10.0. The Hall–Kier alpha value is -3.92. The Morgan fingerprint density at radius 1 is 1.09 bits per heavy atom. The van der Waals surface area contributed by atoms with Crippen LogP contribution in [0.4, 0.5) is 0 Å². The highest BCUT2D eigenvalue weighted by atomic mass is 16.5. The third-order valence-electron chi connectivity index (χ3n) is 5.25. The third kappa shape index (κ3) is 3.65. The molecule has 0 atom stereocenters. The second-order valence-electron chi connectivity index (χ2n) is 7.28. The van der Waals surface area contributed by atoms with Crippen molar-refractivity contribution in [2.45, 2.75) is 19.5 Å². The molecule has 166 valence electrons. The Morgan fingerprint density at radius 2 is 1.88 bits per heavy atom. The van der Waals surface area contributed by atoms with Crippen molar-refractivity contribution < 1.29 is 14.9 Å². The van der Waals surface area contributed by atoms with Crippen LogP contribution in [-0.2, 0) is 20.1 Å². The fraction of sp³-hybridized carbons (Fsp3) is 0.273. The van der Waals surface area contributed by atoms with E-state index in [0.29, 0.717) is 22.8 Å². The molecule has 4 rings (SSSR count). The van der Waals surface area contributed by atoms with Crippen LogP contribution >= 0.6 is 0 Å². The Bertz CT molecular complexity index is 1390. The number of aryl methyl sites for hydroxylation is 1. The number of aromatic nitrogens is 5. The summed E-state index contributed by atoms with van der Waals surface area (Å²) in [5.41, 5.74) is 0.715. The molecule has 3 heterocycles. The lowest BCUT2D eigenvalue weighted by molar-refractivity contribution is 0.277. The van der Waals surface area contributed by atoms with Crippen molar-refractivity contribution in [3.63, 3.8) is 0 Å². The van der Waals surface area contributed by atoms with E-state index in [1.807, 2.05) is 18.2 Å². The fourth-order valence-electron chi connectivity index (χ4n) is 3.66. The van der Waals surface area contributed by atoms with Crippen LogP contribution in [0, 0.1) is 0 Å². The molecule has 1 aromatic carbocycles. The van der Waals surface area contributed by atoms with Crippen LogP contribution in [0.25, 0.3) is 22.6 Å². The number of hydrogen-bond acceptors (Lipinski definition) is 7. The van der Waals surface area contributed by atoms with Gasteiger partial charge in [-0.3, -0.25) is 18.9 Å². The zero-order chi connectivity index (χ0) is 22.8. The number of nitrogens with zero attached hydrogens (tertiary/aromatic N) is 5. The van der Waals surface area contributed by atoms with Gasteiger partial charge in [-0.05, 0) is 30.7 Å². The average molecular weight is 437 g/mol. The van der Waals surface area contributed by atoms with Crippen molar-refractivity contribution >= 4 is 11.2 Å². The van der Waals surface area contributed by atoms with Crippen molar-refractivity contribution in [3.05, 3.63) is 69.1 Å². The quantitative estimate of drug-likeness (QED) is 0.444. The predicted octanol–water partition coefficient (Wildman–Crippen LogP) is 1.10. The maximum absolute atomic E-state index is 13.4. The summed E-state index contributed by atoms with van der Waals surface area (Å²) in [6.45, 7) is 0.124. The molecule has 0 aliphatic heterocycles. The molecule has 32 heavy (non-hydrogen) atoms. The van der Waals surface area contributed by atoms with Gasteiger partial charge in [0.2, 0.25) is 0 Å². The molecule has 10 heteroatoms. The maximum Gasteiger partial charge on any atom is 0.332 e. The van der Waals surface area contributed by atoms with Crippen LogP contribution in [0.1, 0.15) is 12.1 Å². The minimum Gasteiger partial charge on any atom is -0.506 e. The highest BCUT2D eigenvalue weighted by Gasteiger charge is 2.23. The Labute approximate surface area is 182 Å². The van der Waals surface area contributed by atoms with E-state index >= 15 is 0 Å². The van der Waals surface area contributed by atoms with E-state index in [4.69, 9.17) is 4.74 Å². The number of aliphatic hydroxyl groups is 1. The summed E-state index contributed by atoms with van der Waals surface area (Å²) in [6.07, 6.45) is 1.60. The van der Waals surface area contributed by atoms with E-state index in [9.17, 15) is 19.8 Å². The molecule has 0 saturated heterocycles. The topological polar surface area (TPSA) is 124 Å². The van der Waals surface area contributed by atoms with E-state index in [2.05, 4.69) is 9.97 Å². The number of pyridine rings is 1. The van der Waals surface area contributed by atoms with Crippen molar-refractivity contribution in [2.24, 2.45) is 7.05 Å². The average Bonchev–Trinajstić information content (AvgIpc) is 3.18. The summed E-state index contributed by atoms with van der Waals surface area (Å²) in [6, 6.07) is 10.4. The van der Waals surface area contributed by atoms with E-state index in [1.165, 1.54) is 16.8 Å². The monoisotopic (exact) mass is 437 g/mol. The molecule has 0 aliphatic carbocycles. The Balaban J connectivity index is 2.05. The molecule has 0 spiro atoms. The van der Waals surface area contributed by atoms with Gasteiger partial charge in [-0.2, -0.15) is 0 Å². The third-order valence-corrected chi connectivity index (χ3v) is 5.25. The molecule has 0 radical (unpaired) electrons. The lowest BCUT2D eigenvalue weighted by Gasteiger charge is -2.12. The summed E-state index contributed by atoms with van der Waals surface area (Å²) < 4.78 is 9.63. The minimum atomic E-state index is -0.505. The summed E-state index contributed by atoms with van der Waals surface area (Å²) in [5.74, 6) is 1.04. The van der Waals surface area contributed by atoms with E-state index < -0.39 is 11.2 Å². The zero-order valence-electron chi connectivity index (χ0n) is 17.7. The number of para-hydroxylation sites is 1. The van der Waals surface area contributed by atoms with Crippen molar-refractivity contribution in [2.75, 3.05) is 13.7 Å². The SMILES string of the molecule is COc1ccccc1-c1nc2c(c(=O)n(CCCO)c(=O)n2C)n1Cc1ccc(O)cn1. The van der Waals surface area contributed by atoms with Gasteiger partial charge < -0.3 is 19.5 Å². The van der Waals surface area contributed by atoms with E-state index in [-0.39, 0.29) is 43.0 Å². The van der Waals surface area contributed by atoms with Gasteiger partial charge in [0, 0.05) is 20.2 Å². The Kier molecular flexibility index (Phi) is 5.78. The first-order valence-corrected chi connectivity index (χ1v) is 10.0. The van der Waals surface area contributed by atoms with Gasteiger partial charge in [0.1, 0.15) is 17.3 Å². The lowest BCUT2D eigenvalue weighted by Crippen LogP contribution is -2.40. The summed E-state index contributed by atoms with van der Waals surface area (Å²) in [5, 5.41) is 18.8. The van der Waals surface area contributed by atoms with Gasteiger partial charge in [0.25, 0.3) is 5.56 Å². The van der Waals surface area contributed by atoms with Gasteiger partial charge in [-0.15, -0.1) is 0 Å². The van der Waals surface area contributed by atoms with E-state index in [1.54, 1.807) is 30.9 Å². The largest absolute Gasteiger partial charge is 0.506 e. The molecular weight excluding hydrogens is 414 g/mol. The highest BCUT2D eigenvalue weighted by molar-refractivity contribution is 5.79. The highest BCUT2D eigenvalue weighted by Crippen LogP contribution is 2.31. The summed E-state index contributed by atoms with van der Waals surface area (Å²) in [7, 11) is 3.10. The molecular formula is C22H23N5O5. The van der Waals surface area contributed by atoms with Crippen LogP contribution in [0.2, 0.25) is 0 Å². The summed E-state index contributed by atoms with van der Waals surface area (Å²) in [4.78, 5) is 35.1. The molecule has 0 fully saturated rings. The minimum absolute atomic E-state index is 0.0305. The van der Waals surface area contributed by atoms with Gasteiger partial charge in [-0.25, -0.2) is 9.78 Å². The lowest BCUT2D eigenvalue weighted by atomic mass is 10.2. The number of hydrogen-bond donors (Lipinski definition) is 2. The number of aliphatic hydroxyl groups excluding tert-OH is 1. The van der Waals surface area contributed by atoms with Crippen LogP contribution in [0.5, 0.6) is 11.5 Å². The molecule has 2 N–H and O–H groups in total. The standard InChI is InChI=1S/C22H23N5O5/c1-25-20-18(21(30)26(22(25)31)10-5-11-28)27(13-14-8-9-15(29)12-23-14)19(24-20)16-6-3-4-7-17(16)32-2/h3-4,6-9,12,28-29H,5,10-11,13H2,1-2H3. The zero-order valence-corrected chi connectivity index (χ0v) is 17.7. The van der Waals surface area contributed by atoms with Gasteiger partial charge in [0.15, 0.2) is 11.2 Å². The number of aromatic hydroxyl groups is 1. The van der Waals surface area contributed by atoms with Crippen LogP contribution in [0.15, 0.2) is 52.2 Å². The van der Waals surface area contributed by atoms with Crippen molar-refractivity contribution in [1.82, 2.24) is 23.7 Å². The number of ether oxygens (including phenoxy) is 1. The number of methoxy groups -OCH3 is 1. The molecule has 4 aromatic rings. The first-order chi connectivity index (χ1) is 15.5. The van der Waals surface area contributed by atoms with Crippen molar-refractivity contribution in [1.29, 1.82) is 0 Å². The predicted molar refractivity (Wildman–Crippen MR) is 118 cm³/mol. The molecule has 0 bridgehead atoms. The van der Waals surface area contributed by atoms with Gasteiger partial charge >= 0.3 is 5.69 Å². The van der Waals surface area contributed by atoms with Gasteiger partial charge in [0.05, 0.1) is 31.1 Å². The van der Waals surface area contributed by atoms with Crippen LogP contribution in [-0.4, -0.2) is 47.6 Å². The molecule has 0 saturated carbocycles. The summed E-state index contributed by atoms with van der Waals surface area (Å²) >= 11 is 0. The Morgan fingerprint density at radius 3 is 2.56 bits per heavy atom. The smallest absolute Gasteiger partial charge is 0.332 e. The van der Waals surface area contributed by atoms with Gasteiger partial charge in [-0.1, -0.05) is 12.1 Å². The second kappa shape index (κ2) is 8.67. The normalized spacial score (nSPS) is 11.2. The molecule has 0 aliphatic rings. The molecule has 3 aromatic heterocycles. The number of fused-ring (bicyclic) bond motifs is 1. The first kappa shape index (κ1) is 21.3. The number of imidazole rings is 1. The molecule has 0 amide bonds. The van der Waals surface area contributed by atoms with E-state index in [0.717, 1.165) is 4.57 Å². The maximum atomic E-state index is 13.4. The second-order valence-corrected chi connectivity index (χ2v) is 7.28. The molecule has 0 unspecified atom stereocenters. The number of benzene rings is 1. The fourth-order valence-corrected chi connectivity index (χ4v) is 3.66. The van der Waals surface area contributed by atoms with Crippen LogP contribution < -0.4 is 16.0 Å². The van der Waals surface area contributed by atoms with Crippen molar-refractivity contribution in [3.8, 4) is 22.9 Å². The molecule has 10 nitrogen and oxygen atoms in total. The van der Waals surface area contributed by atoms with Crippen LogP contribution in [0.3, 0.4) is 0 Å².